The molecule has 3 heterocycles. The molecule has 130 valence electrons. The van der Waals surface area contributed by atoms with Crippen LogP contribution in [0.1, 0.15) is 30.3 Å². The van der Waals surface area contributed by atoms with Crippen molar-refractivity contribution in [2.24, 2.45) is 4.99 Å². The van der Waals surface area contributed by atoms with Gasteiger partial charge in [-0.1, -0.05) is 30.8 Å². The van der Waals surface area contributed by atoms with Crippen molar-refractivity contribution in [3.8, 4) is 0 Å². The van der Waals surface area contributed by atoms with Gasteiger partial charge in [-0.2, -0.15) is 0 Å². The van der Waals surface area contributed by atoms with Gasteiger partial charge in [-0.05, 0) is 45.8 Å². The molecule has 0 aliphatic carbocycles. The van der Waals surface area contributed by atoms with E-state index in [1.165, 1.54) is 11.3 Å². The highest BCUT2D eigenvalue weighted by Gasteiger charge is 2.43. The van der Waals surface area contributed by atoms with Crippen LogP contribution in [-0.2, 0) is 0 Å². The zero-order valence-electron chi connectivity index (χ0n) is 14.6. The Morgan fingerprint density at radius 2 is 2.08 bits per heavy atom. The maximum Gasteiger partial charge on any atom is 0.160 e. The van der Waals surface area contributed by atoms with E-state index in [2.05, 4.69) is 76.0 Å². The van der Waals surface area contributed by atoms with Gasteiger partial charge in [-0.15, -0.1) is 0 Å². The van der Waals surface area contributed by atoms with Crippen LogP contribution in [-0.4, -0.2) is 40.9 Å². The number of rotatable bonds is 3. The summed E-state index contributed by atoms with van der Waals surface area (Å²) < 4.78 is 1.11. The molecule has 0 spiro atoms. The summed E-state index contributed by atoms with van der Waals surface area (Å²) in [6.07, 6.45) is 1.86. The van der Waals surface area contributed by atoms with Crippen LogP contribution in [0.2, 0.25) is 0 Å². The lowest BCUT2D eigenvalue weighted by Gasteiger charge is -2.28. The first-order valence-corrected chi connectivity index (χ1v) is 10.1. The van der Waals surface area contributed by atoms with Gasteiger partial charge >= 0.3 is 0 Å². The quantitative estimate of drug-likeness (QED) is 0.736. The minimum atomic E-state index is 0.0494. The standard InChI is InChI=1S/C19H21BrN4S/c1-12-11-24-18(13-7-8-16(23(2)3)14(20)10-13)17(22-19(24)25-12)15-6-4-5-9-21-15/h4-10,12,17-18H,11H2,1-3H3/t12-,17+,18-/m0/s1. The van der Waals surface area contributed by atoms with E-state index in [0.29, 0.717) is 5.25 Å². The van der Waals surface area contributed by atoms with Gasteiger partial charge < -0.3 is 9.80 Å². The second kappa shape index (κ2) is 6.65. The Kier molecular flexibility index (Phi) is 4.50. The summed E-state index contributed by atoms with van der Waals surface area (Å²) in [6.45, 7) is 3.30. The summed E-state index contributed by atoms with van der Waals surface area (Å²) >= 11 is 5.61. The van der Waals surface area contributed by atoms with Gasteiger partial charge in [0.25, 0.3) is 0 Å². The van der Waals surface area contributed by atoms with Gasteiger partial charge in [-0.25, -0.2) is 0 Å². The molecular weight excluding hydrogens is 396 g/mol. The molecule has 0 bridgehead atoms. The third kappa shape index (κ3) is 3.06. The highest BCUT2D eigenvalue weighted by atomic mass is 79.9. The van der Waals surface area contributed by atoms with Crippen LogP contribution in [0.15, 0.2) is 52.1 Å². The molecule has 0 unspecified atom stereocenters. The summed E-state index contributed by atoms with van der Waals surface area (Å²) in [7, 11) is 4.12. The Labute approximate surface area is 161 Å². The Morgan fingerprint density at radius 1 is 1.24 bits per heavy atom. The summed E-state index contributed by atoms with van der Waals surface area (Å²) in [6, 6.07) is 13.0. The molecule has 1 aromatic carbocycles. The molecule has 2 aliphatic heterocycles. The molecular formula is C19H21BrN4S. The summed E-state index contributed by atoms with van der Waals surface area (Å²) in [5.74, 6) is 0. The lowest BCUT2D eigenvalue weighted by atomic mass is 9.96. The molecule has 2 aromatic rings. The number of amidine groups is 1. The molecule has 25 heavy (non-hydrogen) atoms. The van der Waals surface area contributed by atoms with Crippen LogP contribution in [0.25, 0.3) is 0 Å². The number of anilines is 1. The van der Waals surface area contributed by atoms with Crippen LogP contribution in [0.3, 0.4) is 0 Å². The molecule has 4 rings (SSSR count). The Hall–Kier alpha value is -1.53. The number of pyridine rings is 1. The van der Waals surface area contributed by atoms with E-state index in [9.17, 15) is 0 Å². The summed E-state index contributed by atoms with van der Waals surface area (Å²) in [5.41, 5.74) is 3.50. The average molecular weight is 417 g/mol. The number of nitrogens with zero attached hydrogens (tertiary/aromatic N) is 4. The first kappa shape index (κ1) is 16.9. The maximum atomic E-state index is 5.03. The number of benzene rings is 1. The Bertz CT molecular complexity index is 808. The molecule has 3 atom stereocenters. The first-order chi connectivity index (χ1) is 12.0. The van der Waals surface area contributed by atoms with Crippen LogP contribution in [0.5, 0.6) is 0 Å². The Balaban J connectivity index is 1.76. The number of halogens is 1. The summed E-state index contributed by atoms with van der Waals surface area (Å²) in [4.78, 5) is 14.2. The van der Waals surface area contributed by atoms with Gasteiger partial charge in [0.2, 0.25) is 0 Å². The number of aliphatic imine (C=N–C) groups is 1. The van der Waals surface area contributed by atoms with Crippen molar-refractivity contribution < 1.29 is 0 Å². The largest absolute Gasteiger partial charge is 0.377 e. The average Bonchev–Trinajstić information content (AvgIpc) is 3.11. The fourth-order valence-corrected chi connectivity index (χ4v) is 5.39. The third-order valence-corrected chi connectivity index (χ3v) is 6.41. The fourth-order valence-electron chi connectivity index (χ4n) is 3.55. The van der Waals surface area contributed by atoms with Crippen molar-refractivity contribution >= 4 is 38.5 Å². The maximum absolute atomic E-state index is 5.03. The highest BCUT2D eigenvalue weighted by Crippen LogP contribution is 2.48. The van der Waals surface area contributed by atoms with E-state index in [1.54, 1.807) is 0 Å². The van der Waals surface area contributed by atoms with Crippen LogP contribution in [0, 0.1) is 0 Å². The molecule has 1 aromatic heterocycles. The third-order valence-electron chi connectivity index (χ3n) is 4.68. The van der Waals surface area contributed by atoms with E-state index in [0.717, 1.165) is 21.9 Å². The fraction of sp³-hybridized carbons (Fsp3) is 0.368. The Morgan fingerprint density at radius 3 is 2.76 bits per heavy atom. The molecule has 0 saturated carbocycles. The van der Waals surface area contributed by atoms with Gasteiger partial charge in [0, 0.05) is 36.6 Å². The smallest absolute Gasteiger partial charge is 0.160 e. The van der Waals surface area contributed by atoms with Crippen molar-refractivity contribution in [3.05, 3.63) is 58.3 Å². The van der Waals surface area contributed by atoms with Crippen molar-refractivity contribution in [3.63, 3.8) is 0 Å². The zero-order chi connectivity index (χ0) is 17.6. The highest BCUT2D eigenvalue weighted by molar-refractivity contribution is 9.10. The lowest BCUT2D eigenvalue weighted by Crippen LogP contribution is -2.28. The van der Waals surface area contributed by atoms with Gasteiger partial charge in [0.1, 0.15) is 6.04 Å². The van der Waals surface area contributed by atoms with Crippen LogP contribution >= 0.6 is 27.7 Å². The predicted molar refractivity (Wildman–Crippen MR) is 109 cm³/mol. The molecule has 0 amide bonds. The van der Waals surface area contributed by atoms with E-state index >= 15 is 0 Å². The molecule has 2 aliphatic rings. The summed E-state index contributed by atoms with van der Waals surface area (Å²) in [5, 5.41) is 1.73. The first-order valence-electron chi connectivity index (χ1n) is 8.43. The second-order valence-corrected chi connectivity index (χ2v) is 9.00. The van der Waals surface area contributed by atoms with Crippen molar-refractivity contribution in [2.45, 2.75) is 24.3 Å². The van der Waals surface area contributed by atoms with E-state index in [4.69, 9.17) is 4.99 Å². The van der Waals surface area contributed by atoms with E-state index in [1.807, 2.05) is 30.1 Å². The van der Waals surface area contributed by atoms with Gasteiger partial charge in [0.15, 0.2) is 5.17 Å². The topological polar surface area (TPSA) is 31.7 Å². The number of thioether (sulfide) groups is 1. The van der Waals surface area contributed by atoms with Crippen molar-refractivity contribution in [1.82, 2.24) is 9.88 Å². The second-order valence-electron chi connectivity index (χ2n) is 6.74. The van der Waals surface area contributed by atoms with Gasteiger partial charge in [-0.3, -0.25) is 9.98 Å². The number of hydrogen-bond acceptors (Lipinski definition) is 5. The molecule has 0 radical (unpaired) electrons. The predicted octanol–water partition coefficient (Wildman–Crippen LogP) is 4.50. The van der Waals surface area contributed by atoms with E-state index < -0.39 is 0 Å². The number of fused-ring (bicyclic) bond motifs is 1. The molecule has 1 saturated heterocycles. The van der Waals surface area contributed by atoms with E-state index in [-0.39, 0.29) is 12.1 Å². The molecule has 6 heteroatoms. The minimum absolute atomic E-state index is 0.0494. The zero-order valence-corrected chi connectivity index (χ0v) is 17.0. The lowest BCUT2D eigenvalue weighted by molar-refractivity contribution is 0.321. The van der Waals surface area contributed by atoms with Crippen LogP contribution < -0.4 is 4.90 Å². The van der Waals surface area contributed by atoms with Crippen LogP contribution in [0.4, 0.5) is 5.69 Å². The SMILES string of the molecule is C[C@H]1CN2C(=N[C@H](c3ccccn3)[C@@H]2c2ccc(N(C)C)c(Br)c2)S1. The number of hydrogen-bond donors (Lipinski definition) is 0. The van der Waals surface area contributed by atoms with Crippen molar-refractivity contribution in [2.75, 3.05) is 25.5 Å². The molecule has 4 nitrogen and oxygen atoms in total. The number of aromatic nitrogens is 1. The normalized spacial score (nSPS) is 25.0. The van der Waals surface area contributed by atoms with Gasteiger partial charge in [0.05, 0.1) is 17.4 Å². The van der Waals surface area contributed by atoms with Crippen molar-refractivity contribution in [1.29, 1.82) is 0 Å². The molecule has 1 fully saturated rings. The monoisotopic (exact) mass is 416 g/mol. The minimum Gasteiger partial charge on any atom is -0.377 e. The molecule has 0 N–H and O–H groups in total.